The first-order chi connectivity index (χ1) is 17.7. The lowest BCUT2D eigenvalue weighted by Gasteiger charge is -2.09. The van der Waals surface area contributed by atoms with E-state index in [2.05, 4.69) is 38.1 Å². The fourth-order valence-electron chi connectivity index (χ4n) is 4.34. The van der Waals surface area contributed by atoms with Crippen molar-refractivity contribution in [3.8, 4) is 11.5 Å². The summed E-state index contributed by atoms with van der Waals surface area (Å²) in [6, 6.07) is 16.5. The third kappa shape index (κ3) is 11.4. The highest BCUT2D eigenvalue weighted by Crippen LogP contribution is 2.19. The van der Waals surface area contributed by atoms with Gasteiger partial charge < -0.3 is 9.47 Å². The van der Waals surface area contributed by atoms with Gasteiger partial charge in [-0.15, -0.1) is 0 Å². The van der Waals surface area contributed by atoms with E-state index in [-0.39, 0.29) is 0 Å². The van der Waals surface area contributed by atoms with Gasteiger partial charge in [-0.25, -0.2) is 0 Å². The molecule has 0 unspecified atom stereocenters. The Morgan fingerprint density at radius 3 is 1.17 bits per heavy atom. The summed E-state index contributed by atoms with van der Waals surface area (Å²) >= 11 is 0. The topological polar surface area (TPSA) is 43.2 Å². The molecule has 0 aliphatic heterocycles. The second kappa shape index (κ2) is 18.6. The summed E-state index contributed by atoms with van der Waals surface area (Å²) in [5, 5.41) is 9.73. The normalized spacial score (nSPS) is 12.1. The van der Waals surface area contributed by atoms with Crippen LogP contribution >= 0.6 is 0 Å². The summed E-state index contributed by atoms with van der Waals surface area (Å²) in [7, 11) is 3.40. The van der Waals surface area contributed by atoms with Gasteiger partial charge >= 0.3 is 0 Å². The zero-order chi connectivity index (χ0) is 25.8. The predicted molar refractivity (Wildman–Crippen MR) is 155 cm³/mol. The monoisotopic (exact) mass is 492 g/mol. The molecule has 0 heterocycles. The maximum atomic E-state index is 5.36. The highest BCUT2D eigenvalue weighted by atomic mass is 16.5. The van der Waals surface area contributed by atoms with Crippen LogP contribution in [0.4, 0.5) is 0 Å². The molecule has 0 spiro atoms. The maximum Gasteiger partial charge on any atom is 0.118 e. The third-order valence-electron chi connectivity index (χ3n) is 6.67. The number of ether oxygens (including phenoxy) is 2. The molecule has 0 amide bonds. The Hall–Kier alpha value is -2.62. The molecule has 0 saturated heterocycles. The Bertz CT molecular complexity index is 810. The molecule has 36 heavy (non-hydrogen) atoms. The molecule has 198 valence electrons. The van der Waals surface area contributed by atoms with E-state index in [1.807, 2.05) is 24.3 Å². The molecular weight excluding hydrogens is 444 g/mol. The summed E-state index contributed by atoms with van der Waals surface area (Å²) in [5.41, 5.74) is 4.37. The first-order valence-electron chi connectivity index (χ1n) is 14.1. The van der Waals surface area contributed by atoms with Gasteiger partial charge in [0.1, 0.15) is 11.5 Å². The molecule has 0 aliphatic rings. The molecule has 2 rings (SSSR count). The van der Waals surface area contributed by atoms with Crippen LogP contribution in [-0.4, -0.2) is 25.6 Å². The van der Waals surface area contributed by atoms with Gasteiger partial charge in [-0.05, 0) is 85.3 Å². The number of benzene rings is 2. The van der Waals surface area contributed by atoms with Crippen molar-refractivity contribution < 1.29 is 9.47 Å². The highest BCUT2D eigenvalue weighted by Gasteiger charge is 2.08. The molecule has 0 bridgehead atoms. The third-order valence-corrected chi connectivity index (χ3v) is 6.67. The van der Waals surface area contributed by atoms with Gasteiger partial charge in [-0.1, -0.05) is 78.1 Å². The van der Waals surface area contributed by atoms with Gasteiger partial charge in [0, 0.05) is 0 Å². The zero-order valence-electron chi connectivity index (χ0n) is 23.2. The molecule has 2 aromatic carbocycles. The largest absolute Gasteiger partial charge is 0.497 e. The van der Waals surface area contributed by atoms with Crippen molar-refractivity contribution in [3.05, 3.63) is 59.7 Å². The molecule has 4 nitrogen and oxygen atoms in total. The van der Waals surface area contributed by atoms with Crippen molar-refractivity contribution in [1.82, 2.24) is 0 Å². The van der Waals surface area contributed by atoms with Crippen LogP contribution in [0.1, 0.15) is 115 Å². The molecule has 0 aromatic heterocycles. The Balaban J connectivity index is 2.21. The van der Waals surface area contributed by atoms with E-state index in [1.165, 1.54) is 64.2 Å². The predicted octanol–water partition coefficient (Wildman–Crippen LogP) is 9.40. The molecule has 4 heteroatoms. The second-order valence-electron chi connectivity index (χ2n) is 9.59. The van der Waals surface area contributed by atoms with Crippen molar-refractivity contribution in [2.45, 2.75) is 104 Å². The molecule has 0 atom stereocenters. The quantitative estimate of drug-likeness (QED) is 0.111. The Morgan fingerprint density at radius 2 is 0.833 bits per heavy atom. The van der Waals surface area contributed by atoms with Crippen LogP contribution in [0.25, 0.3) is 0 Å². The summed E-state index contributed by atoms with van der Waals surface area (Å²) in [4.78, 5) is 0. The first-order valence-corrected chi connectivity index (χ1v) is 14.1. The van der Waals surface area contributed by atoms with Gasteiger partial charge in [0.25, 0.3) is 0 Å². The molecule has 0 saturated carbocycles. The fraction of sp³-hybridized carbons (Fsp3) is 0.562. The van der Waals surface area contributed by atoms with Crippen LogP contribution in [-0.2, 0) is 0 Å². The molecule has 0 radical (unpaired) electrons. The second-order valence-corrected chi connectivity index (χ2v) is 9.59. The van der Waals surface area contributed by atoms with E-state index in [4.69, 9.17) is 19.7 Å². The number of rotatable bonds is 19. The lowest BCUT2D eigenvalue weighted by atomic mass is 10.0. The summed E-state index contributed by atoms with van der Waals surface area (Å²) in [6.07, 6.45) is 17.1. The van der Waals surface area contributed by atoms with Gasteiger partial charge in [-0.2, -0.15) is 10.2 Å². The maximum absolute atomic E-state index is 5.36. The van der Waals surface area contributed by atoms with Crippen LogP contribution in [0, 0.1) is 0 Å². The first kappa shape index (κ1) is 29.6. The minimum atomic E-state index is 0.864. The van der Waals surface area contributed by atoms with Gasteiger partial charge in [0.05, 0.1) is 25.6 Å². The van der Waals surface area contributed by atoms with E-state index in [9.17, 15) is 0 Å². The number of unbranched alkanes of at least 4 members (excludes halogenated alkanes) is 10. The van der Waals surface area contributed by atoms with E-state index in [0.717, 1.165) is 59.7 Å². The fourth-order valence-corrected chi connectivity index (χ4v) is 4.34. The van der Waals surface area contributed by atoms with Crippen LogP contribution in [0.5, 0.6) is 11.5 Å². The summed E-state index contributed by atoms with van der Waals surface area (Å²) in [5.74, 6) is 1.73. The van der Waals surface area contributed by atoms with Crippen molar-refractivity contribution in [2.24, 2.45) is 10.2 Å². The summed E-state index contributed by atoms with van der Waals surface area (Å²) in [6.45, 7) is 4.52. The van der Waals surface area contributed by atoms with Crippen LogP contribution in [0.15, 0.2) is 58.7 Å². The average Bonchev–Trinajstić information content (AvgIpc) is 2.93. The lowest BCUT2D eigenvalue weighted by Crippen LogP contribution is -2.04. The minimum Gasteiger partial charge on any atom is -0.497 e. The summed E-state index contributed by atoms with van der Waals surface area (Å²) < 4.78 is 10.7. The molecule has 0 N–H and O–H groups in total. The SMILES string of the molecule is CCCCCCCCC(=NN=C(CCCCCCCC)c1ccc(OC)cc1)c1ccc(OC)cc1. The highest BCUT2D eigenvalue weighted by molar-refractivity contribution is 6.03. The van der Waals surface area contributed by atoms with Gasteiger partial charge in [-0.3, -0.25) is 0 Å². The van der Waals surface area contributed by atoms with Crippen molar-refractivity contribution in [3.63, 3.8) is 0 Å². The van der Waals surface area contributed by atoms with Crippen molar-refractivity contribution in [1.29, 1.82) is 0 Å². The number of nitrogens with zero attached hydrogens (tertiary/aromatic N) is 2. The average molecular weight is 493 g/mol. The van der Waals surface area contributed by atoms with Crippen LogP contribution in [0.3, 0.4) is 0 Å². The van der Waals surface area contributed by atoms with E-state index in [1.54, 1.807) is 14.2 Å². The van der Waals surface area contributed by atoms with Crippen molar-refractivity contribution in [2.75, 3.05) is 14.2 Å². The number of hydrogen-bond donors (Lipinski definition) is 0. The molecule has 0 aliphatic carbocycles. The molecule has 0 fully saturated rings. The minimum absolute atomic E-state index is 0.864. The smallest absolute Gasteiger partial charge is 0.118 e. The van der Waals surface area contributed by atoms with E-state index >= 15 is 0 Å². The Labute approximate surface area is 220 Å². The zero-order valence-corrected chi connectivity index (χ0v) is 23.2. The standard InChI is InChI=1S/C32H48N2O2/c1-5-7-9-11-13-15-17-31(27-19-23-29(35-3)24-20-27)33-34-32(18-16-14-12-10-8-6-2)28-21-25-30(36-4)26-22-28/h19-26H,5-18H2,1-4H3. The lowest BCUT2D eigenvalue weighted by molar-refractivity contribution is 0.414. The molecule has 2 aromatic rings. The van der Waals surface area contributed by atoms with Crippen LogP contribution < -0.4 is 9.47 Å². The van der Waals surface area contributed by atoms with E-state index in [0.29, 0.717) is 0 Å². The van der Waals surface area contributed by atoms with E-state index < -0.39 is 0 Å². The number of methoxy groups -OCH3 is 2. The molecular formula is C32H48N2O2. The van der Waals surface area contributed by atoms with Crippen LogP contribution in [0.2, 0.25) is 0 Å². The van der Waals surface area contributed by atoms with Gasteiger partial charge in [0.15, 0.2) is 0 Å². The Morgan fingerprint density at radius 1 is 0.500 bits per heavy atom. The van der Waals surface area contributed by atoms with Crippen molar-refractivity contribution >= 4 is 11.4 Å². The van der Waals surface area contributed by atoms with Gasteiger partial charge in [0.2, 0.25) is 0 Å². The Kier molecular flexibility index (Phi) is 15.3. The number of hydrogen-bond acceptors (Lipinski definition) is 4.